The summed E-state index contributed by atoms with van der Waals surface area (Å²) in [6, 6.07) is -1.46. The maximum Gasteiger partial charge on any atom is 0.326 e. The number of carboxylic acids is 2. The van der Waals surface area contributed by atoms with Gasteiger partial charge in [0.25, 0.3) is 0 Å². The van der Waals surface area contributed by atoms with Crippen LogP contribution in [0.3, 0.4) is 0 Å². The Morgan fingerprint density at radius 3 is 2.18 bits per heavy atom. The van der Waals surface area contributed by atoms with Crippen molar-refractivity contribution < 1.29 is 24.6 Å². The molecule has 1 aliphatic rings. The topological polar surface area (TPSA) is 130 Å². The molecule has 2 atom stereocenters. The van der Waals surface area contributed by atoms with E-state index in [1.165, 1.54) is 0 Å². The summed E-state index contributed by atoms with van der Waals surface area (Å²) in [5, 5.41) is 18.6. The third-order valence-corrected chi connectivity index (χ3v) is 2.20. The zero-order valence-electron chi connectivity index (χ0n) is 8.83. The number of halogens is 1. The molecule has 7 nitrogen and oxygen atoms in total. The maximum atomic E-state index is 10.4. The number of thiol groups is 1. The lowest BCUT2D eigenvalue weighted by Crippen LogP contribution is -2.32. The van der Waals surface area contributed by atoms with Crippen LogP contribution in [0.5, 0.6) is 0 Å². The molecule has 0 aromatic heterocycles. The molecule has 0 aromatic carbocycles. The molecule has 1 amide bonds. The highest BCUT2D eigenvalue weighted by Crippen LogP contribution is 2.05. The van der Waals surface area contributed by atoms with E-state index in [4.69, 9.17) is 15.9 Å². The summed E-state index contributed by atoms with van der Waals surface area (Å²) in [6.45, 7) is 0. The van der Waals surface area contributed by atoms with Crippen LogP contribution in [-0.4, -0.2) is 45.9 Å². The minimum absolute atomic E-state index is 0. The van der Waals surface area contributed by atoms with Gasteiger partial charge in [-0.25, -0.2) is 4.79 Å². The van der Waals surface area contributed by atoms with Crippen LogP contribution in [0.2, 0.25) is 0 Å². The molecule has 0 aliphatic carbocycles. The molecule has 9 heteroatoms. The average molecular weight is 287 g/mol. The van der Waals surface area contributed by atoms with Crippen molar-refractivity contribution in [2.45, 2.75) is 24.9 Å². The quantitative estimate of drug-likeness (QED) is 0.428. The van der Waals surface area contributed by atoms with E-state index < -0.39 is 24.0 Å². The van der Waals surface area contributed by atoms with Crippen LogP contribution in [0.1, 0.15) is 12.8 Å². The first-order valence-electron chi connectivity index (χ1n) is 4.50. The fraction of sp³-hybridized carbons (Fsp3) is 0.625. The summed E-state index contributed by atoms with van der Waals surface area (Å²) in [5.41, 5.74) is 4.94. The van der Waals surface area contributed by atoms with Crippen LogP contribution >= 0.6 is 25.0 Å². The molecule has 1 rings (SSSR count). The summed E-state index contributed by atoms with van der Waals surface area (Å²) in [6.07, 6.45) is 0.769. The largest absolute Gasteiger partial charge is 0.480 e. The summed E-state index contributed by atoms with van der Waals surface area (Å²) in [7, 11) is 0. The Bertz CT molecular complexity index is 289. The predicted octanol–water partition coefficient (Wildman–Crippen LogP) is -0.900. The molecule has 0 bridgehead atoms. The van der Waals surface area contributed by atoms with Crippen molar-refractivity contribution in [2.75, 3.05) is 5.75 Å². The second-order valence-corrected chi connectivity index (χ2v) is 3.49. The summed E-state index contributed by atoms with van der Waals surface area (Å²) in [4.78, 5) is 30.3. The highest BCUT2D eigenvalue weighted by atomic mass is 35.5. The van der Waals surface area contributed by atoms with Crippen LogP contribution in [0.25, 0.3) is 0 Å². The zero-order valence-corrected chi connectivity index (χ0v) is 10.5. The summed E-state index contributed by atoms with van der Waals surface area (Å²) in [5.74, 6) is -1.92. The Morgan fingerprint density at radius 2 is 2.06 bits per heavy atom. The molecule has 5 N–H and O–H groups in total. The second-order valence-electron chi connectivity index (χ2n) is 3.12. The van der Waals surface area contributed by atoms with Crippen LogP contribution in [0.15, 0.2) is 0 Å². The van der Waals surface area contributed by atoms with E-state index in [-0.39, 0.29) is 24.1 Å². The van der Waals surface area contributed by atoms with Gasteiger partial charge in [0.2, 0.25) is 5.91 Å². The minimum Gasteiger partial charge on any atom is -0.480 e. The monoisotopic (exact) mass is 286 g/mol. The number of nitrogens with two attached hydrogens (primary N) is 1. The van der Waals surface area contributed by atoms with Crippen molar-refractivity contribution in [2.24, 2.45) is 5.73 Å². The van der Waals surface area contributed by atoms with E-state index in [2.05, 4.69) is 17.9 Å². The van der Waals surface area contributed by atoms with Gasteiger partial charge in [-0.15, -0.1) is 12.4 Å². The molecule has 1 aliphatic heterocycles. The first-order valence-corrected chi connectivity index (χ1v) is 5.13. The van der Waals surface area contributed by atoms with Crippen molar-refractivity contribution in [3.8, 4) is 0 Å². The van der Waals surface area contributed by atoms with E-state index in [0.717, 1.165) is 0 Å². The van der Waals surface area contributed by atoms with Gasteiger partial charge in [0.05, 0.1) is 0 Å². The molecular weight excluding hydrogens is 272 g/mol. The van der Waals surface area contributed by atoms with Crippen molar-refractivity contribution in [3.05, 3.63) is 0 Å². The van der Waals surface area contributed by atoms with Crippen molar-refractivity contribution >= 4 is 42.9 Å². The first kappa shape index (κ1) is 18.4. The van der Waals surface area contributed by atoms with Crippen LogP contribution in [0.4, 0.5) is 0 Å². The number of carboxylic acid groups (broad SMARTS) is 2. The summed E-state index contributed by atoms with van der Waals surface area (Å²) < 4.78 is 0. The van der Waals surface area contributed by atoms with E-state index in [1.54, 1.807) is 0 Å². The number of carbonyl (C=O) groups excluding carboxylic acids is 1. The van der Waals surface area contributed by atoms with Crippen LogP contribution in [-0.2, 0) is 14.4 Å². The highest BCUT2D eigenvalue weighted by Gasteiger charge is 2.26. The molecule has 0 spiro atoms. The first-order chi connectivity index (χ1) is 7.38. The van der Waals surface area contributed by atoms with Gasteiger partial charge in [-0.1, -0.05) is 0 Å². The Labute approximate surface area is 110 Å². The van der Waals surface area contributed by atoms with E-state index in [9.17, 15) is 14.4 Å². The van der Waals surface area contributed by atoms with E-state index in [1.807, 2.05) is 0 Å². The Morgan fingerprint density at radius 1 is 1.53 bits per heavy atom. The predicted molar refractivity (Wildman–Crippen MR) is 65.5 cm³/mol. The highest BCUT2D eigenvalue weighted by molar-refractivity contribution is 7.80. The summed E-state index contributed by atoms with van der Waals surface area (Å²) >= 11 is 3.65. The van der Waals surface area contributed by atoms with Gasteiger partial charge in [0.15, 0.2) is 0 Å². The Balaban J connectivity index is 0. The maximum absolute atomic E-state index is 10.4. The van der Waals surface area contributed by atoms with Gasteiger partial charge in [-0.3, -0.25) is 9.59 Å². The molecule has 1 heterocycles. The number of hydrogen-bond acceptors (Lipinski definition) is 5. The molecule has 0 aromatic rings. The standard InChI is InChI=1S/C5H7NO3.C3H7NO2S.ClH/c7-4-2-1-3(6-4)5(8)9;4-2(1-7)3(5)6;/h3H,1-2H2,(H,6,7)(H,8,9);2,7H,1,4H2,(H,5,6);1H/t;2-;/m.0./s1. The average Bonchev–Trinajstić information content (AvgIpc) is 2.64. The van der Waals surface area contributed by atoms with Crippen molar-refractivity contribution in [3.63, 3.8) is 0 Å². The van der Waals surface area contributed by atoms with E-state index in [0.29, 0.717) is 12.8 Å². The van der Waals surface area contributed by atoms with Gasteiger partial charge in [-0.2, -0.15) is 12.6 Å². The molecule has 17 heavy (non-hydrogen) atoms. The number of nitrogens with one attached hydrogen (secondary N) is 1. The van der Waals surface area contributed by atoms with Gasteiger partial charge in [0, 0.05) is 12.2 Å². The molecule has 100 valence electrons. The SMILES string of the molecule is Cl.N[C@@H](CS)C(=O)O.O=C1CCC(C(=O)O)N1. The second kappa shape index (κ2) is 9.08. The third kappa shape index (κ3) is 7.83. The van der Waals surface area contributed by atoms with Crippen LogP contribution < -0.4 is 11.1 Å². The lowest BCUT2D eigenvalue weighted by molar-refractivity contribution is -0.140. The Kier molecular flexibility index (Phi) is 9.82. The lowest BCUT2D eigenvalue weighted by atomic mass is 10.2. The normalized spacial score (nSPS) is 19.2. The zero-order chi connectivity index (χ0) is 12.7. The fourth-order valence-electron chi connectivity index (χ4n) is 0.877. The van der Waals surface area contributed by atoms with Gasteiger partial charge in [-0.05, 0) is 6.42 Å². The van der Waals surface area contributed by atoms with Crippen LogP contribution in [0, 0.1) is 0 Å². The Hall–Kier alpha value is -0.990. The van der Waals surface area contributed by atoms with Gasteiger partial charge < -0.3 is 21.3 Å². The van der Waals surface area contributed by atoms with E-state index >= 15 is 0 Å². The number of hydrogen-bond donors (Lipinski definition) is 5. The molecule has 1 unspecified atom stereocenters. The number of amides is 1. The molecule has 1 fully saturated rings. The number of aliphatic carboxylic acids is 2. The molecular formula is C8H15ClN2O5S. The lowest BCUT2D eigenvalue weighted by Gasteiger charge is -1.99. The number of carbonyl (C=O) groups is 3. The molecule has 0 saturated carbocycles. The van der Waals surface area contributed by atoms with Crippen molar-refractivity contribution in [1.82, 2.24) is 5.32 Å². The van der Waals surface area contributed by atoms with Gasteiger partial charge >= 0.3 is 11.9 Å². The fourth-order valence-corrected chi connectivity index (χ4v) is 1.03. The third-order valence-electron chi connectivity index (χ3n) is 1.81. The minimum atomic E-state index is -1.00. The number of rotatable bonds is 3. The van der Waals surface area contributed by atoms with Gasteiger partial charge in [0.1, 0.15) is 12.1 Å². The molecule has 0 radical (unpaired) electrons. The van der Waals surface area contributed by atoms with Crippen molar-refractivity contribution in [1.29, 1.82) is 0 Å². The molecule has 1 saturated heterocycles. The smallest absolute Gasteiger partial charge is 0.326 e.